The van der Waals surface area contributed by atoms with Crippen LogP contribution in [0.2, 0.25) is 0 Å². The highest BCUT2D eigenvalue weighted by Crippen LogP contribution is 2.37. The Morgan fingerprint density at radius 1 is 0.500 bits per heavy atom. The molecule has 0 atom stereocenters. The lowest BCUT2D eigenvalue weighted by molar-refractivity contribution is 0.464. The fourth-order valence-corrected chi connectivity index (χ4v) is 7.88. The maximum absolute atomic E-state index is 11.4. The summed E-state index contributed by atoms with van der Waals surface area (Å²) in [4.78, 5) is 3.95. The number of benzene rings is 7. The van der Waals surface area contributed by atoms with Crippen molar-refractivity contribution < 1.29 is 13.0 Å². The van der Waals surface area contributed by atoms with Crippen LogP contribution in [0.3, 0.4) is 0 Å². The second kappa shape index (κ2) is 10.8. The Kier molecular flexibility index (Phi) is 7.03. The Labute approximate surface area is 237 Å². The zero-order valence-corrected chi connectivity index (χ0v) is 23.5. The van der Waals surface area contributed by atoms with Gasteiger partial charge in [-0.25, -0.2) is 8.42 Å². The second-order valence-electron chi connectivity index (χ2n) is 9.62. The van der Waals surface area contributed by atoms with E-state index in [0.717, 1.165) is 26.9 Å². The first kappa shape index (κ1) is 26.1. The molecule has 0 unspecified atom stereocenters. The third kappa shape index (κ3) is 5.07. The van der Waals surface area contributed by atoms with Crippen LogP contribution >= 0.6 is 0 Å². The third-order valence-electron chi connectivity index (χ3n) is 6.97. The molecule has 0 amide bonds. The quantitative estimate of drug-likeness (QED) is 0.123. The first-order valence-corrected chi connectivity index (χ1v) is 15.6. The monoisotopic (exact) mass is 558 g/mol. The van der Waals surface area contributed by atoms with Gasteiger partial charge in [-0.1, -0.05) is 103 Å². The smallest absolute Gasteiger partial charge is 0.166 e. The van der Waals surface area contributed by atoms with Crippen molar-refractivity contribution in [3.05, 3.63) is 145 Å². The lowest BCUT2D eigenvalue weighted by Gasteiger charge is -2.15. The fraction of sp³-hybridized carbons (Fsp3) is 0.0286. The summed E-state index contributed by atoms with van der Waals surface area (Å²) in [7, 11) is -4.50. The van der Waals surface area contributed by atoms with Crippen LogP contribution in [0.1, 0.15) is 5.56 Å². The van der Waals surface area contributed by atoms with Gasteiger partial charge in [0.1, 0.15) is 10.1 Å². The highest BCUT2D eigenvalue weighted by molar-refractivity contribution is 7.97. The van der Waals surface area contributed by atoms with Gasteiger partial charge in [-0.3, -0.25) is 0 Å². The highest BCUT2D eigenvalue weighted by Gasteiger charge is 2.27. The molecule has 0 N–H and O–H groups in total. The first-order valence-electron chi connectivity index (χ1n) is 12.9. The van der Waals surface area contributed by atoms with Crippen molar-refractivity contribution in [3.8, 4) is 0 Å². The van der Waals surface area contributed by atoms with Crippen LogP contribution in [-0.2, 0) is 21.0 Å². The van der Waals surface area contributed by atoms with Crippen LogP contribution < -0.4 is 0 Å². The van der Waals surface area contributed by atoms with Crippen LogP contribution in [0.5, 0.6) is 0 Å². The Hall–Kier alpha value is -4.16. The summed E-state index contributed by atoms with van der Waals surface area (Å²) in [6.45, 7) is 2.13. The maximum atomic E-state index is 11.4. The number of hydrogen-bond donors (Lipinski definition) is 0. The topological polar surface area (TPSA) is 57.2 Å². The Morgan fingerprint density at radius 3 is 1.52 bits per heavy atom. The summed E-state index contributed by atoms with van der Waals surface area (Å²) in [5.41, 5.74) is 1.30. The molecule has 0 aliphatic rings. The second-order valence-corrected chi connectivity index (χ2v) is 13.0. The molecular weight excluding hydrogens is 533 g/mol. The largest absolute Gasteiger partial charge is 0.744 e. The summed E-state index contributed by atoms with van der Waals surface area (Å²) in [6, 6.07) is 46.9. The summed E-state index contributed by atoms with van der Waals surface area (Å²) >= 11 is 0. The molecule has 0 aliphatic heterocycles. The van der Waals surface area contributed by atoms with Crippen molar-refractivity contribution in [2.24, 2.45) is 0 Å². The van der Waals surface area contributed by atoms with Crippen LogP contribution in [0.4, 0.5) is 0 Å². The van der Waals surface area contributed by atoms with Crippen molar-refractivity contribution in [2.75, 3.05) is 0 Å². The Morgan fingerprint density at radius 2 is 0.975 bits per heavy atom. The van der Waals surface area contributed by atoms with E-state index in [9.17, 15) is 13.0 Å². The van der Waals surface area contributed by atoms with E-state index in [1.54, 1.807) is 12.1 Å². The molecule has 0 saturated carbocycles. The SMILES string of the molecule is Cc1ccc([S+](c2ccccc2)c2ccccc2)cc1.O=S(=O)([O-])c1ccc2ccc3cccc4ccc1c2c34. The molecule has 0 heterocycles. The molecule has 3 nitrogen and oxygen atoms in total. The zero-order chi connectivity index (χ0) is 27.7. The van der Waals surface area contributed by atoms with Gasteiger partial charge in [0.15, 0.2) is 14.7 Å². The van der Waals surface area contributed by atoms with E-state index in [0.29, 0.717) is 5.39 Å². The Balaban J connectivity index is 0.000000145. The van der Waals surface area contributed by atoms with Gasteiger partial charge in [-0.2, -0.15) is 0 Å². The van der Waals surface area contributed by atoms with Crippen LogP contribution in [-0.4, -0.2) is 13.0 Å². The molecule has 0 saturated heterocycles. The molecule has 5 heteroatoms. The Bertz CT molecular complexity index is 1960. The van der Waals surface area contributed by atoms with Crippen LogP contribution in [0, 0.1) is 6.92 Å². The minimum absolute atomic E-state index is 0.0229. The molecule has 7 rings (SSSR count). The molecule has 0 fully saturated rings. The molecule has 0 aliphatic carbocycles. The minimum Gasteiger partial charge on any atom is -0.744 e. The standard InChI is InChI=1S/C19H17S.C16H10O3S/c1-16-12-14-19(15-13-16)20(17-8-4-2-5-9-17)18-10-6-3-7-11-18;17-20(18,19)14-9-7-12-5-4-10-2-1-3-11-6-8-13(14)16(12)15(10)11/h2-15H,1H3;1-9H,(H,17,18,19)/q+1;/p-1. The van der Waals surface area contributed by atoms with Crippen molar-refractivity contribution >= 4 is 53.3 Å². The number of aryl methyl sites for hydroxylation is 1. The van der Waals surface area contributed by atoms with E-state index in [-0.39, 0.29) is 15.8 Å². The van der Waals surface area contributed by atoms with Crippen molar-refractivity contribution in [2.45, 2.75) is 26.5 Å². The normalized spacial score (nSPS) is 11.7. The molecule has 0 radical (unpaired) electrons. The first-order chi connectivity index (χ1) is 19.4. The molecule has 0 bridgehead atoms. The predicted molar refractivity (Wildman–Crippen MR) is 164 cm³/mol. The van der Waals surface area contributed by atoms with Crippen LogP contribution in [0.15, 0.2) is 159 Å². The van der Waals surface area contributed by atoms with E-state index in [1.165, 1.54) is 26.3 Å². The lowest BCUT2D eigenvalue weighted by Crippen LogP contribution is -2.04. The number of hydrogen-bond acceptors (Lipinski definition) is 3. The summed E-state index contributed by atoms with van der Waals surface area (Å²) < 4.78 is 34.3. The van der Waals surface area contributed by atoms with Gasteiger partial charge >= 0.3 is 0 Å². The van der Waals surface area contributed by atoms with Crippen LogP contribution in [0.25, 0.3) is 32.3 Å². The fourth-order valence-electron chi connectivity index (χ4n) is 5.12. The average Bonchev–Trinajstić information content (AvgIpc) is 2.98. The van der Waals surface area contributed by atoms with E-state index >= 15 is 0 Å². The maximum Gasteiger partial charge on any atom is 0.166 e. The van der Waals surface area contributed by atoms with Crippen molar-refractivity contribution in [1.82, 2.24) is 0 Å². The molecule has 196 valence electrons. The highest BCUT2D eigenvalue weighted by atomic mass is 32.2. The van der Waals surface area contributed by atoms with E-state index in [1.807, 2.05) is 36.4 Å². The van der Waals surface area contributed by atoms with E-state index in [4.69, 9.17) is 0 Å². The van der Waals surface area contributed by atoms with Gasteiger partial charge in [0.2, 0.25) is 0 Å². The summed E-state index contributed by atoms with van der Waals surface area (Å²) in [5.74, 6) is 0. The van der Waals surface area contributed by atoms with E-state index < -0.39 is 10.1 Å². The van der Waals surface area contributed by atoms with Gasteiger partial charge in [0.25, 0.3) is 0 Å². The minimum atomic E-state index is -4.48. The third-order valence-corrected chi connectivity index (χ3v) is 10.1. The zero-order valence-electron chi connectivity index (χ0n) is 21.8. The van der Waals surface area contributed by atoms with Gasteiger partial charge in [-0.05, 0) is 76.3 Å². The van der Waals surface area contributed by atoms with Gasteiger partial charge in [0.05, 0.1) is 15.8 Å². The predicted octanol–water partition coefficient (Wildman–Crippen LogP) is 8.58. The van der Waals surface area contributed by atoms with Gasteiger partial charge in [0, 0.05) is 5.39 Å². The average molecular weight is 559 g/mol. The molecule has 0 aromatic heterocycles. The van der Waals surface area contributed by atoms with Gasteiger partial charge in [-0.15, -0.1) is 0 Å². The molecule has 0 spiro atoms. The molecular formula is C35H26O3S2. The molecule has 40 heavy (non-hydrogen) atoms. The van der Waals surface area contributed by atoms with Crippen molar-refractivity contribution in [1.29, 1.82) is 0 Å². The molecule has 7 aromatic carbocycles. The van der Waals surface area contributed by atoms with Gasteiger partial charge < -0.3 is 4.55 Å². The van der Waals surface area contributed by atoms with E-state index in [2.05, 4.69) is 91.9 Å². The summed E-state index contributed by atoms with van der Waals surface area (Å²) in [5, 5.41) is 5.38. The van der Waals surface area contributed by atoms with Crippen molar-refractivity contribution in [3.63, 3.8) is 0 Å². The molecule has 7 aromatic rings. The lowest BCUT2D eigenvalue weighted by atomic mass is 9.94. The number of rotatable bonds is 4. The summed E-state index contributed by atoms with van der Waals surface area (Å²) in [6.07, 6.45) is 0.